The number of para-hydroxylation sites is 2. The number of hydrogen-bond donors (Lipinski definition) is 2. The van der Waals surface area contributed by atoms with Gasteiger partial charge in [-0.05, 0) is 62.1 Å². The van der Waals surface area contributed by atoms with Gasteiger partial charge in [-0.3, -0.25) is 9.88 Å². The van der Waals surface area contributed by atoms with Gasteiger partial charge >= 0.3 is 0 Å². The van der Waals surface area contributed by atoms with Gasteiger partial charge in [0, 0.05) is 67.4 Å². The van der Waals surface area contributed by atoms with Gasteiger partial charge in [-0.15, -0.1) is 0 Å². The van der Waals surface area contributed by atoms with E-state index < -0.39 is 0 Å². The van der Waals surface area contributed by atoms with Gasteiger partial charge in [-0.25, -0.2) is 0 Å². The zero-order valence-electron chi connectivity index (χ0n) is 19.0. The second-order valence-electron chi connectivity index (χ2n) is 7.98. The predicted octanol–water partition coefficient (Wildman–Crippen LogP) is 5.34. The summed E-state index contributed by atoms with van der Waals surface area (Å²) in [4.78, 5) is 6.99. The first kappa shape index (κ1) is 24.9. The number of aromatic nitrogens is 1. The van der Waals surface area contributed by atoms with Gasteiger partial charge in [0.2, 0.25) is 0 Å². The van der Waals surface area contributed by atoms with Crippen molar-refractivity contribution < 1.29 is 17.1 Å². The van der Waals surface area contributed by atoms with Crippen molar-refractivity contribution >= 4 is 11.4 Å². The molecule has 31 heavy (non-hydrogen) atoms. The molecule has 4 nitrogen and oxygen atoms in total. The zero-order chi connectivity index (χ0) is 21.3. The maximum atomic E-state index is 4.53. The van der Waals surface area contributed by atoms with E-state index in [2.05, 4.69) is 96.7 Å². The smallest absolute Gasteiger partial charge is 0.0543 e. The first-order chi connectivity index (χ1) is 14.5. The minimum Gasteiger partial charge on any atom is -0.383 e. The van der Waals surface area contributed by atoms with Gasteiger partial charge in [0.15, 0.2) is 0 Å². The second kappa shape index (κ2) is 12.5. The third kappa shape index (κ3) is 7.39. The number of nitrogens with zero attached hydrogens (tertiary/aromatic N) is 2. The standard InChI is InChI=1S/C26H34N4.Cu/c1-20-9-7-10-21(2)25(20)28-15-17-30(19-24-13-5-6-14-27-24)18-16-29-26-22(3)11-8-12-23(26)4;/h5-14,28-29H,15-19H2,1-4H3;. The fourth-order valence-corrected chi connectivity index (χ4v) is 3.86. The third-order valence-corrected chi connectivity index (χ3v) is 5.53. The molecule has 0 fully saturated rings. The molecule has 0 unspecified atom stereocenters. The van der Waals surface area contributed by atoms with Crippen molar-refractivity contribution in [2.75, 3.05) is 36.8 Å². The summed E-state index contributed by atoms with van der Waals surface area (Å²) in [6.07, 6.45) is 1.87. The third-order valence-electron chi connectivity index (χ3n) is 5.53. The number of nitrogens with one attached hydrogen (secondary N) is 2. The molecule has 0 aliphatic heterocycles. The van der Waals surface area contributed by atoms with Crippen molar-refractivity contribution in [2.45, 2.75) is 34.2 Å². The minimum atomic E-state index is 0. The number of anilines is 2. The molecule has 5 heteroatoms. The van der Waals surface area contributed by atoms with Crippen LogP contribution in [0.15, 0.2) is 60.8 Å². The van der Waals surface area contributed by atoms with Crippen molar-refractivity contribution in [2.24, 2.45) is 0 Å². The van der Waals surface area contributed by atoms with E-state index in [9.17, 15) is 0 Å². The molecule has 169 valence electrons. The molecule has 1 heterocycles. The second-order valence-corrected chi connectivity index (χ2v) is 7.98. The van der Waals surface area contributed by atoms with Crippen LogP contribution >= 0.6 is 0 Å². The Hall–Kier alpha value is -2.33. The normalized spacial score (nSPS) is 10.6. The van der Waals surface area contributed by atoms with Crippen molar-refractivity contribution in [1.29, 1.82) is 0 Å². The molecule has 0 spiro atoms. The van der Waals surface area contributed by atoms with E-state index in [-0.39, 0.29) is 17.1 Å². The first-order valence-electron chi connectivity index (χ1n) is 10.8. The molecule has 0 saturated heterocycles. The largest absolute Gasteiger partial charge is 0.383 e. The van der Waals surface area contributed by atoms with Crippen molar-refractivity contribution in [1.82, 2.24) is 9.88 Å². The topological polar surface area (TPSA) is 40.2 Å². The monoisotopic (exact) mass is 465 g/mol. The Balaban J connectivity index is 0.00000341. The van der Waals surface area contributed by atoms with Crippen LogP contribution < -0.4 is 10.6 Å². The average molecular weight is 466 g/mol. The molecule has 0 aliphatic carbocycles. The van der Waals surface area contributed by atoms with Crippen molar-refractivity contribution in [3.63, 3.8) is 0 Å². The number of pyridine rings is 1. The Kier molecular flexibility index (Phi) is 10.1. The minimum absolute atomic E-state index is 0. The Morgan fingerprint density at radius 1 is 0.677 bits per heavy atom. The van der Waals surface area contributed by atoms with E-state index in [1.54, 1.807) is 0 Å². The molecule has 0 amide bonds. The van der Waals surface area contributed by atoms with Crippen LogP contribution in [0.3, 0.4) is 0 Å². The fourth-order valence-electron chi connectivity index (χ4n) is 3.86. The van der Waals surface area contributed by atoms with Crippen LogP contribution in [0.4, 0.5) is 11.4 Å². The van der Waals surface area contributed by atoms with Crippen LogP contribution in [-0.2, 0) is 23.6 Å². The van der Waals surface area contributed by atoms with Crippen molar-refractivity contribution in [3.8, 4) is 0 Å². The van der Waals surface area contributed by atoms with Crippen LogP contribution in [0.1, 0.15) is 27.9 Å². The van der Waals surface area contributed by atoms with Gasteiger partial charge in [0.1, 0.15) is 0 Å². The van der Waals surface area contributed by atoms with E-state index in [0.717, 1.165) is 38.4 Å². The average Bonchev–Trinajstić information content (AvgIpc) is 2.73. The zero-order valence-corrected chi connectivity index (χ0v) is 19.9. The molecule has 1 aromatic heterocycles. The van der Waals surface area contributed by atoms with Gasteiger partial charge in [0.25, 0.3) is 0 Å². The van der Waals surface area contributed by atoms with Gasteiger partial charge in [0.05, 0.1) is 5.69 Å². The summed E-state index contributed by atoms with van der Waals surface area (Å²) in [5.41, 5.74) is 8.79. The van der Waals surface area contributed by atoms with Crippen LogP contribution in [0.5, 0.6) is 0 Å². The van der Waals surface area contributed by atoms with E-state index in [1.807, 2.05) is 12.3 Å². The van der Waals surface area contributed by atoms with Gasteiger partial charge < -0.3 is 10.6 Å². The molecular weight excluding hydrogens is 432 g/mol. The van der Waals surface area contributed by atoms with Gasteiger partial charge in [-0.2, -0.15) is 0 Å². The molecule has 0 aliphatic rings. The molecule has 0 atom stereocenters. The summed E-state index contributed by atoms with van der Waals surface area (Å²) in [6, 6.07) is 19.0. The molecule has 1 radical (unpaired) electrons. The molecule has 3 rings (SSSR count). The maximum absolute atomic E-state index is 4.53. The fraction of sp³-hybridized carbons (Fsp3) is 0.346. The Morgan fingerprint density at radius 3 is 1.58 bits per heavy atom. The maximum Gasteiger partial charge on any atom is 0.0543 e. The number of rotatable bonds is 10. The van der Waals surface area contributed by atoms with E-state index >= 15 is 0 Å². The van der Waals surface area contributed by atoms with E-state index in [1.165, 1.54) is 33.6 Å². The Labute approximate surface area is 198 Å². The SMILES string of the molecule is Cc1cccc(C)c1NCCN(CCNc1c(C)cccc1C)Cc1ccccn1.[Cu]. The van der Waals surface area contributed by atoms with Crippen LogP contribution in [0.25, 0.3) is 0 Å². The van der Waals surface area contributed by atoms with Gasteiger partial charge in [-0.1, -0.05) is 42.5 Å². The summed E-state index contributed by atoms with van der Waals surface area (Å²) in [5, 5.41) is 7.28. The molecular formula is C26H34CuN4. The summed E-state index contributed by atoms with van der Waals surface area (Å²) in [6.45, 7) is 13.2. The quantitative estimate of drug-likeness (QED) is 0.396. The summed E-state index contributed by atoms with van der Waals surface area (Å²) >= 11 is 0. The first-order valence-corrected chi connectivity index (χ1v) is 10.8. The predicted molar refractivity (Wildman–Crippen MR) is 128 cm³/mol. The summed E-state index contributed by atoms with van der Waals surface area (Å²) in [7, 11) is 0. The summed E-state index contributed by atoms with van der Waals surface area (Å²) < 4.78 is 0. The van der Waals surface area contributed by atoms with Crippen LogP contribution in [0.2, 0.25) is 0 Å². The van der Waals surface area contributed by atoms with Crippen LogP contribution in [-0.4, -0.2) is 36.1 Å². The van der Waals surface area contributed by atoms with Crippen molar-refractivity contribution in [3.05, 3.63) is 88.7 Å². The molecule has 3 aromatic rings. The van der Waals surface area contributed by atoms with E-state index in [0.29, 0.717) is 0 Å². The molecule has 2 N–H and O–H groups in total. The Bertz CT molecular complexity index is 845. The Morgan fingerprint density at radius 2 is 1.16 bits per heavy atom. The number of hydrogen-bond acceptors (Lipinski definition) is 4. The number of aryl methyl sites for hydroxylation is 4. The molecule has 0 saturated carbocycles. The number of benzene rings is 2. The van der Waals surface area contributed by atoms with E-state index in [4.69, 9.17) is 0 Å². The molecule has 2 aromatic carbocycles. The van der Waals surface area contributed by atoms with Crippen LogP contribution in [0, 0.1) is 27.7 Å². The molecule has 0 bridgehead atoms. The summed E-state index contributed by atoms with van der Waals surface area (Å²) in [5.74, 6) is 0.